The van der Waals surface area contributed by atoms with Crippen LogP contribution in [-0.4, -0.2) is 11.9 Å². The fourth-order valence-electron chi connectivity index (χ4n) is 2.88. The molecule has 0 heterocycles. The highest BCUT2D eigenvalue weighted by Gasteiger charge is 2.31. The third kappa shape index (κ3) is 3.83. The van der Waals surface area contributed by atoms with Crippen molar-refractivity contribution in [3.05, 3.63) is 29.8 Å². The first-order chi connectivity index (χ1) is 9.45. The highest BCUT2D eigenvalue weighted by molar-refractivity contribution is 5.88. The van der Waals surface area contributed by atoms with E-state index in [0.717, 1.165) is 17.5 Å². The SMILES string of the molecule is CC(=O)Nc1cccc(C(C)NC2CC(C(C)C)C2)c1. The Morgan fingerprint density at radius 1 is 1.25 bits per heavy atom. The molecule has 110 valence electrons. The number of carbonyl (C=O) groups is 1. The Morgan fingerprint density at radius 2 is 1.95 bits per heavy atom. The first-order valence-corrected chi connectivity index (χ1v) is 7.59. The summed E-state index contributed by atoms with van der Waals surface area (Å²) in [5.41, 5.74) is 2.10. The molecule has 1 aliphatic carbocycles. The number of nitrogens with one attached hydrogen (secondary N) is 2. The smallest absolute Gasteiger partial charge is 0.221 e. The van der Waals surface area contributed by atoms with Gasteiger partial charge in [0.15, 0.2) is 0 Å². The van der Waals surface area contributed by atoms with Crippen LogP contribution in [0.4, 0.5) is 5.69 Å². The second-order valence-electron chi connectivity index (χ2n) is 6.37. The van der Waals surface area contributed by atoms with Crippen molar-refractivity contribution in [3.8, 4) is 0 Å². The monoisotopic (exact) mass is 274 g/mol. The maximum absolute atomic E-state index is 11.1. The molecular formula is C17H26N2O. The second kappa shape index (κ2) is 6.40. The van der Waals surface area contributed by atoms with Crippen LogP contribution >= 0.6 is 0 Å². The third-order valence-corrected chi connectivity index (χ3v) is 4.31. The molecule has 1 atom stereocenters. The van der Waals surface area contributed by atoms with Crippen molar-refractivity contribution in [1.29, 1.82) is 0 Å². The molecule has 0 aliphatic heterocycles. The highest BCUT2D eigenvalue weighted by atomic mass is 16.1. The van der Waals surface area contributed by atoms with E-state index in [-0.39, 0.29) is 5.91 Å². The molecule has 1 aromatic carbocycles. The van der Waals surface area contributed by atoms with Crippen LogP contribution in [0.1, 0.15) is 52.1 Å². The minimum absolute atomic E-state index is 0.0264. The molecule has 1 unspecified atom stereocenters. The van der Waals surface area contributed by atoms with Gasteiger partial charge in [0.05, 0.1) is 0 Å². The standard InChI is InChI=1S/C17H26N2O/c1-11(2)15-9-17(10-15)18-12(3)14-6-5-7-16(8-14)19-13(4)20/h5-8,11-12,15,17-18H,9-10H2,1-4H3,(H,19,20). The Kier molecular flexibility index (Phi) is 4.81. The average Bonchev–Trinajstić information content (AvgIpc) is 2.32. The molecule has 20 heavy (non-hydrogen) atoms. The first-order valence-electron chi connectivity index (χ1n) is 7.59. The number of hydrogen-bond donors (Lipinski definition) is 2. The molecule has 2 N–H and O–H groups in total. The van der Waals surface area contributed by atoms with Crippen LogP contribution in [0.2, 0.25) is 0 Å². The van der Waals surface area contributed by atoms with Crippen molar-refractivity contribution in [2.24, 2.45) is 11.8 Å². The lowest BCUT2D eigenvalue weighted by atomic mass is 9.73. The molecule has 0 radical (unpaired) electrons. The molecule has 3 heteroatoms. The van der Waals surface area contributed by atoms with Gasteiger partial charge < -0.3 is 10.6 Å². The molecule has 3 nitrogen and oxygen atoms in total. The van der Waals surface area contributed by atoms with Crippen LogP contribution in [0.25, 0.3) is 0 Å². The molecule has 1 aromatic rings. The molecule has 0 saturated heterocycles. The Balaban J connectivity index is 1.89. The Morgan fingerprint density at radius 3 is 2.55 bits per heavy atom. The zero-order valence-electron chi connectivity index (χ0n) is 12.9. The average molecular weight is 274 g/mol. The highest BCUT2D eigenvalue weighted by Crippen LogP contribution is 2.35. The van der Waals surface area contributed by atoms with E-state index in [1.165, 1.54) is 25.3 Å². The van der Waals surface area contributed by atoms with Crippen LogP contribution in [0, 0.1) is 11.8 Å². The van der Waals surface area contributed by atoms with Gasteiger partial charge in [-0.25, -0.2) is 0 Å². The summed E-state index contributed by atoms with van der Waals surface area (Å²) in [7, 11) is 0. The van der Waals surface area contributed by atoms with Crippen LogP contribution in [-0.2, 0) is 4.79 Å². The molecule has 1 aliphatic rings. The molecule has 0 spiro atoms. The number of amides is 1. The summed E-state index contributed by atoms with van der Waals surface area (Å²) in [5, 5.41) is 6.52. The van der Waals surface area contributed by atoms with Gasteiger partial charge in [0, 0.05) is 24.7 Å². The van der Waals surface area contributed by atoms with Crippen molar-refractivity contribution >= 4 is 11.6 Å². The Labute approximate surface area is 122 Å². The van der Waals surface area contributed by atoms with E-state index in [0.29, 0.717) is 12.1 Å². The number of hydrogen-bond acceptors (Lipinski definition) is 2. The Bertz CT molecular complexity index is 464. The fourth-order valence-corrected chi connectivity index (χ4v) is 2.88. The zero-order chi connectivity index (χ0) is 14.7. The van der Waals surface area contributed by atoms with E-state index >= 15 is 0 Å². The van der Waals surface area contributed by atoms with Crippen LogP contribution in [0.5, 0.6) is 0 Å². The second-order valence-corrected chi connectivity index (χ2v) is 6.37. The van der Waals surface area contributed by atoms with Crippen molar-refractivity contribution in [2.45, 2.75) is 52.6 Å². The molecule has 1 fully saturated rings. The van der Waals surface area contributed by atoms with Gasteiger partial charge in [0.1, 0.15) is 0 Å². The molecule has 0 aromatic heterocycles. The van der Waals surface area contributed by atoms with Gasteiger partial charge in [0.25, 0.3) is 0 Å². The fraction of sp³-hybridized carbons (Fsp3) is 0.588. The number of anilines is 1. The van der Waals surface area contributed by atoms with Crippen LogP contribution in [0.15, 0.2) is 24.3 Å². The summed E-state index contributed by atoms with van der Waals surface area (Å²) >= 11 is 0. The van der Waals surface area contributed by atoms with Gasteiger partial charge in [-0.05, 0) is 49.3 Å². The molecule has 1 amide bonds. The lowest BCUT2D eigenvalue weighted by molar-refractivity contribution is -0.114. The summed E-state index contributed by atoms with van der Waals surface area (Å²) in [6.07, 6.45) is 2.57. The maximum Gasteiger partial charge on any atom is 0.221 e. The minimum Gasteiger partial charge on any atom is -0.326 e. The zero-order valence-corrected chi connectivity index (χ0v) is 12.9. The molecular weight excluding hydrogens is 248 g/mol. The van der Waals surface area contributed by atoms with E-state index in [2.05, 4.69) is 43.5 Å². The van der Waals surface area contributed by atoms with Gasteiger partial charge in [-0.15, -0.1) is 0 Å². The van der Waals surface area contributed by atoms with Crippen molar-refractivity contribution in [2.75, 3.05) is 5.32 Å². The van der Waals surface area contributed by atoms with Crippen LogP contribution in [0.3, 0.4) is 0 Å². The summed E-state index contributed by atoms with van der Waals surface area (Å²) in [5.74, 6) is 1.65. The van der Waals surface area contributed by atoms with E-state index in [1.54, 1.807) is 0 Å². The van der Waals surface area contributed by atoms with Crippen LogP contribution < -0.4 is 10.6 Å². The minimum atomic E-state index is -0.0264. The lowest BCUT2D eigenvalue weighted by Gasteiger charge is -2.40. The summed E-state index contributed by atoms with van der Waals surface area (Å²) in [6.45, 7) is 8.34. The van der Waals surface area contributed by atoms with E-state index < -0.39 is 0 Å². The molecule has 2 rings (SSSR count). The number of benzene rings is 1. The van der Waals surface area contributed by atoms with E-state index in [1.807, 2.05) is 12.1 Å². The number of rotatable bonds is 5. The van der Waals surface area contributed by atoms with E-state index in [4.69, 9.17) is 0 Å². The van der Waals surface area contributed by atoms with Gasteiger partial charge in [-0.2, -0.15) is 0 Å². The van der Waals surface area contributed by atoms with Gasteiger partial charge in [0.2, 0.25) is 5.91 Å². The van der Waals surface area contributed by atoms with Gasteiger partial charge in [-0.1, -0.05) is 26.0 Å². The predicted octanol–water partition coefficient (Wildman–Crippen LogP) is 3.73. The third-order valence-electron chi connectivity index (χ3n) is 4.31. The first kappa shape index (κ1) is 15.0. The van der Waals surface area contributed by atoms with Crippen molar-refractivity contribution in [1.82, 2.24) is 5.32 Å². The predicted molar refractivity (Wildman–Crippen MR) is 83.6 cm³/mol. The normalized spacial score (nSPS) is 23.2. The van der Waals surface area contributed by atoms with E-state index in [9.17, 15) is 4.79 Å². The summed E-state index contributed by atoms with van der Waals surface area (Å²) < 4.78 is 0. The topological polar surface area (TPSA) is 41.1 Å². The largest absolute Gasteiger partial charge is 0.326 e. The van der Waals surface area contributed by atoms with Crippen molar-refractivity contribution in [3.63, 3.8) is 0 Å². The summed E-state index contributed by atoms with van der Waals surface area (Å²) in [6, 6.07) is 9.05. The van der Waals surface area contributed by atoms with Gasteiger partial charge in [-0.3, -0.25) is 4.79 Å². The number of carbonyl (C=O) groups excluding carboxylic acids is 1. The van der Waals surface area contributed by atoms with Crippen molar-refractivity contribution < 1.29 is 4.79 Å². The molecule has 1 saturated carbocycles. The lowest BCUT2D eigenvalue weighted by Crippen LogP contribution is -2.43. The molecule has 0 bridgehead atoms. The quantitative estimate of drug-likeness (QED) is 0.859. The summed E-state index contributed by atoms with van der Waals surface area (Å²) in [4.78, 5) is 11.1. The maximum atomic E-state index is 11.1. The Hall–Kier alpha value is -1.35. The van der Waals surface area contributed by atoms with Gasteiger partial charge >= 0.3 is 0 Å².